The summed E-state index contributed by atoms with van der Waals surface area (Å²) in [5.74, 6) is 1.46. The van der Waals surface area contributed by atoms with Gasteiger partial charge in [-0.25, -0.2) is 20.0 Å². The molecule has 0 atom stereocenters. The van der Waals surface area contributed by atoms with Crippen molar-refractivity contribution in [2.45, 2.75) is 20.3 Å². The molecule has 3 heterocycles. The minimum absolute atomic E-state index is 0.712. The Hall–Kier alpha value is -2.30. The summed E-state index contributed by atoms with van der Waals surface area (Å²) in [6.45, 7) is 3.86. The van der Waals surface area contributed by atoms with E-state index in [0.717, 1.165) is 35.1 Å². The van der Waals surface area contributed by atoms with Gasteiger partial charge in [-0.3, -0.25) is 0 Å². The number of rotatable bonds is 0. The second-order valence-electron chi connectivity index (χ2n) is 4.29. The van der Waals surface area contributed by atoms with Crippen molar-refractivity contribution >= 4 is 23.9 Å². The summed E-state index contributed by atoms with van der Waals surface area (Å²) in [5, 5.41) is 3.31. The summed E-state index contributed by atoms with van der Waals surface area (Å²) in [5.41, 5.74) is 3.73. The van der Waals surface area contributed by atoms with E-state index in [1.165, 1.54) is 0 Å². The lowest BCUT2D eigenvalue weighted by Gasteiger charge is -2.15. The average molecular weight is 239 g/mol. The topological polar surface area (TPSA) is 61.5 Å². The van der Waals surface area contributed by atoms with Gasteiger partial charge < -0.3 is 5.32 Å². The van der Waals surface area contributed by atoms with Crippen LogP contribution in [0.4, 0.5) is 0 Å². The minimum Gasteiger partial charge on any atom is -0.353 e. The van der Waals surface area contributed by atoms with Gasteiger partial charge in [0.2, 0.25) is 0 Å². The largest absolute Gasteiger partial charge is 0.353 e. The Morgan fingerprint density at radius 1 is 1.00 bits per heavy atom. The summed E-state index contributed by atoms with van der Waals surface area (Å²) in [7, 11) is 0. The number of allylic oxidation sites excluding steroid dienone is 2. The van der Waals surface area contributed by atoms with Crippen LogP contribution >= 0.6 is 0 Å². The lowest BCUT2D eigenvalue weighted by Crippen LogP contribution is -2.17. The van der Waals surface area contributed by atoms with Gasteiger partial charge in [-0.2, -0.15) is 0 Å². The van der Waals surface area contributed by atoms with Crippen molar-refractivity contribution in [3.8, 4) is 0 Å². The zero-order valence-electron chi connectivity index (χ0n) is 10.3. The maximum Gasteiger partial charge on any atom is 0.176 e. The van der Waals surface area contributed by atoms with Crippen molar-refractivity contribution in [2.24, 2.45) is 20.0 Å². The van der Waals surface area contributed by atoms with E-state index in [1.54, 1.807) is 12.4 Å². The molecule has 0 aromatic carbocycles. The molecule has 0 aliphatic carbocycles. The number of hydrogen-bond donors (Lipinski definition) is 1. The molecule has 0 fully saturated rings. The van der Waals surface area contributed by atoms with Crippen molar-refractivity contribution in [3.63, 3.8) is 0 Å². The van der Waals surface area contributed by atoms with Crippen LogP contribution in [0.1, 0.15) is 20.3 Å². The summed E-state index contributed by atoms with van der Waals surface area (Å²) < 4.78 is 0. The molecule has 0 unspecified atom stereocenters. The lowest BCUT2D eigenvalue weighted by atomic mass is 10.2. The predicted molar refractivity (Wildman–Crippen MR) is 74.1 cm³/mol. The molecule has 0 spiro atoms. The molecular weight excluding hydrogens is 226 g/mol. The Kier molecular flexibility index (Phi) is 2.51. The number of aliphatic imine (C=N–C) groups is 4. The van der Waals surface area contributed by atoms with Gasteiger partial charge in [0.1, 0.15) is 0 Å². The highest BCUT2D eigenvalue weighted by molar-refractivity contribution is 6.31. The maximum atomic E-state index is 4.37. The van der Waals surface area contributed by atoms with Gasteiger partial charge in [0.25, 0.3) is 0 Å². The Morgan fingerprint density at radius 3 is 2.28 bits per heavy atom. The SMILES string of the molecule is CC1=NC(=C2C=CCC(=C3N=CC(C)=N3)N2)N=C1. The van der Waals surface area contributed by atoms with Crippen LogP contribution in [0.3, 0.4) is 0 Å². The van der Waals surface area contributed by atoms with Gasteiger partial charge in [-0.05, 0) is 19.9 Å². The molecular formula is C13H13N5. The van der Waals surface area contributed by atoms with E-state index in [9.17, 15) is 0 Å². The van der Waals surface area contributed by atoms with Crippen LogP contribution in [0, 0.1) is 0 Å². The van der Waals surface area contributed by atoms with E-state index >= 15 is 0 Å². The van der Waals surface area contributed by atoms with E-state index in [4.69, 9.17) is 0 Å². The molecule has 90 valence electrons. The summed E-state index contributed by atoms with van der Waals surface area (Å²) in [6, 6.07) is 0. The van der Waals surface area contributed by atoms with Gasteiger partial charge >= 0.3 is 0 Å². The summed E-state index contributed by atoms with van der Waals surface area (Å²) in [4.78, 5) is 17.3. The predicted octanol–water partition coefficient (Wildman–Crippen LogP) is 1.96. The Bertz CT molecular complexity index is 611. The molecule has 0 aromatic heterocycles. The van der Waals surface area contributed by atoms with Gasteiger partial charge in [0.05, 0.1) is 35.2 Å². The summed E-state index contributed by atoms with van der Waals surface area (Å²) in [6.07, 6.45) is 8.39. The zero-order valence-corrected chi connectivity index (χ0v) is 10.3. The van der Waals surface area contributed by atoms with E-state index in [1.807, 2.05) is 19.9 Å². The second-order valence-corrected chi connectivity index (χ2v) is 4.29. The van der Waals surface area contributed by atoms with E-state index in [0.29, 0.717) is 5.82 Å². The Labute approximate surface area is 105 Å². The molecule has 5 nitrogen and oxygen atoms in total. The fourth-order valence-electron chi connectivity index (χ4n) is 1.86. The standard InChI is InChI=1S/C13H13N5/c1-8-6-14-12(16-8)10-4-3-5-11(18-10)13-15-7-9(2)17-13/h3-4,6-7,18H,5H2,1-2H3. The average Bonchev–Trinajstić information content (AvgIpc) is 2.98. The first-order valence-electron chi connectivity index (χ1n) is 5.82. The zero-order chi connectivity index (χ0) is 12.5. The first kappa shape index (κ1) is 10.8. The van der Waals surface area contributed by atoms with Crippen LogP contribution < -0.4 is 5.32 Å². The Morgan fingerprint density at radius 2 is 1.67 bits per heavy atom. The van der Waals surface area contributed by atoms with Crippen molar-refractivity contribution in [1.82, 2.24) is 5.32 Å². The van der Waals surface area contributed by atoms with Gasteiger partial charge in [-0.1, -0.05) is 6.08 Å². The molecule has 18 heavy (non-hydrogen) atoms. The molecule has 0 radical (unpaired) electrons. The van der Waals surface area contributed by atoms with Crippen LogP contribution in [-0.4, -0.2) is 23.9 Å². The molecule has 0 saturated carbocycles. The third-order valence-corrected chi connectivity index (χ3v) is 2.71. The third kappa shape index (κ3) is 1.95. The molecule has 0 aromatic rings. The molecule has 0 saturated heterocycles. The van der Waals surface area contributed by atoms with Crippen LogP contribution in [0.2, 0.25) is 0 Å². The lowest BCUT2D eigenvalue weighted by molar-refractivity contribution is 0.867. The van der Waals surface area contributed by atoms with Gasteiger partial charge in [0, 0.05) is 6.42 Å². The van der Waals surface area contributed by atoms with E-state index in [2.05, 4.69) is 31.4 Å². The van der Waals surface area contributed by atoms with Crippen LogP contribution in [0.15, 0.2) is 55.2 Å². The third-order valence-electron chi connectivity index (χ3n) is 2.71. The van der Waals surface area contributed by atoms with Crippen LogP contribution in [0.25, 0.3) is 0 Å². The van der Waals surface area contributed by atoms with Gasteiger partial charge in [0.15, 0.2) is 11.6 Å². The molecule has 3 aliphatic heterocycles. The molecule has 0 amide bonds. The van der Waals surface area contributed by atoms with Crippen molar-refractivity contribution < 1.29 is 0 Å². The highest BCUT2D eigenvalue weighted by Crippen LogP contribution is 2.22. The highest BCUT2D eigenvalue weighted by atomic mass is 15.1. The second kappa shape index (κ2) is 4.18. The van der Waals surface area contributed by atoms with Crippen LogP contribution in [0.5, 0.6) is 0 Å². The minimum atomic E-state index is 0.712. The fourth-order valence-corrected chi connectivity index (χ4v) is 1.86. The fraction of sp³-hybridized carbons (Fsp3) is 0.231. The number of hydrogen-bond acceptors (Lipinski definition) is 5. The van der Waals surface area contributed by atoms with Gasteiger partial charge in [-0.15, -0.1) is 0 Å². The first-order chi connectivity index (χ1) is 8.72. The number of nitrogens with zero attached hydrogens (tertiary/aromatic N) is 4. The summed E-state index contributed by atoms with van der Waals surface area (Å²) >= 11 is 0. The molecule has 5 heteroatoms. The van der Waals surface area contributed by atoms with E-state index < -0.39 is 0 Å². The monoisotopic (exact) mass is 239 g/mol. The first-order valence-corrected chi connectivity index (χ1v) is 5.82. The van der Waals surface area contributed by atoms with Crippen LogP contribution in [-0.2, 0) is 0 Å². The van der Waals surface area contributed by atoms with E-state index in [-0.39, 0.29) is 0 Å². The quantitative estimate of drug-likeness (QED) is 0.690. The highest BCUT2D eigenvalue weighted by Gasteiger charge is 2.15. The molecule has 3 rings (SSSR count). The maximum absolute atomic E-state index is 4.37. The van der Waals surface area contributed by atoms with Crippen molar-refractivity contribution in [3.05, 3.63) is 35.2 Å². The molecule has 0 bridgehead atoms. The normalized spacial score (nSPS) is 29.7. The number of nitrogens with one attached hydrogen (secondary N) is 1. The van der Waals surface area contributed by atoms with Crippen molar-refractivity contribution in [1.29, 1.82) is 0 Å². The molecule has 3 aliphatic rings. The van der Waals surface area contributed by atoms with Crippen molar-refractivity contribution in [2.75, 3.05) is 0 Å². The Balaban J connectivity index is 1.96. The molecule has 1 N–H and O–H groups in total. The smallest absolute Gasteiger partial charge is 0.176 e.